The van der Waals surface area contributed by atoms with Crippen LogP contribution in [0.4, 0.5) is 5.69 Å². The van der Waals surface area contributed by atoms with Gasteiger partial charge in [-0.2, -0.15) is 0 Å². The zero-order valence-electron chi connectivity index (χ0n) is 20.6. The summed E-state index contributed by atoms with van der Waals surface area (Å²) in [5.74, 6) is 1.75. The molecule has 0 spiro atoms. The lowest BCUT2D eigenvalue weighted by Crippen LogP contribution is -2.30. The molecule has 1 N–H and O–H groups in total. The molecule has 0 saturated carbocycles. The fourth-order valence-corrected chi connectivity index (χ4v) is 4.39. The standard InChI is InChI=1S/C28H27ClN2O4S/c1-5-34-25-9-7-6-8-23(25)31-27(32)22(30-28(31)36)15-19-10-11-24(33-4)20(14-19)16-35-21-12-17(2)26(29)18(3)13-21/h6-15H,5,16H2,1-4H3,(H,30,36)/b22-15+. The zero-order chi connectivity index (χ0) is 25.8. The molecule has 0 atom stereocenters. The molecule has 1 fully saturated rings. The summed E-state index contributed by atoms with van der Waals surface area (Å²) in [5, 5.41) is 4.06. The third-order valence-corrected chi connectivity index (χ3v) is 6.58. The molecule has 0 aromatic heterocycles. The Labute approximate surface area is 221 Å². The maximum absolute atomic E-state index is 13.3. The number of thiocarbonyl (C=S) groups is 1. The highest BCUT2D eigenvalue weighted by atomic mass is 35.5. The Morgan fingerprint density at radius 2 is 1.75 bits per heavy atom. The van der Waals surface area contributed by atoms with Crippen LogP contribution in [-0.4, -0.2) is 24.7 Å². The molecule has 6 nitrogen and oxygen atoms in total. The fraction of sp³-hybridized carbons (Fsp3) is 0.214. The predicted molar refractivity (Wildman–Crippen MR) is 147 cm³/mol. The van der Waals surface area contributed by atoms with Crippen LogP contribution in [0.1, 0.15) is 29.2 Å². The first-order valence-corrected chi connectivity index (χ1v) is 12.3. The number of ether oxygens (including phenoxy) is 3. The van der Waals surface area contributed by atoms with Crippen LogP contribution in [0.3, 0.4) is 0 Å². The largest absolute Gasteiger partial charge is 0.496 e. The van der Waals surface area contributed by atoms with E-state index in [0.29, 0.717) is 34.6 Å². The van der Waals surface area contributed by atoms with Crippen LogP contribution in [0.2, 0.25) is 5.02 Å². The first-order chi connectivity index (χ1) is 17.3. The summed E-state index contributed by atoms with van der Waals surface area (Å²) in [6.45, 7) is 6.55. The highest BCUT2D eigenvalue weighted by Gasteiger charge is 2.33. The molecule has 1 amide bonds. The molecular formula is C28H27ClN2O4S. The summed E-state index contributed by atoms with van der Waals surface area (Å²) in [4.78, 5) is 14.7. The number of carbonyl (C=O) groups excluding carboxylic acids is 1. The van der Waals surface area contributed by atoms with Crippen molar-refractivity contribution in [3.8, 4) is 17.2 Å². The van der Waals surface area contributed by atoms with Crippen LogP contribution in [-0.2, 0) is 11.4 Å². The van der Waals surface area contributed by atoms with Gasteiger partial charge in [0.25, 0.3) is 5.91 Å². The maximum atomic E-state index is 13.3. The lowest BCUT2D eigenvalue weighted by atomic mass is 10.1. The summed E-state index contributed by atoms with van der Waals surface area (Å²) in [6.07, 6.45) is 1.76. The van der Waals surface area contributed by atoms with Gasteiger partial charge >= 0.3 is 0 Å². The van der Waals surface area contributed by atoms with Gasteiger partial charge in [-0.15, -0.1) is 0 Å². The Morgan fingerprint density at radius 3 is 2.44 bits per heavy atom. The summed E-state index contributed by atoms with van der Waals surface area (Å²) in [6, 6.07) is 16.8. The monoisotopic (exact) mass is 522 g/mol. The minimum atomic E-state index is -0.257. The number of carbonyl (C=O) groups is 1. The van der Waals surface area contributed by atoms with Crippen molar-refractivity contribution in [1.82, 2.24) is 5.32 Å². The van der Waals surface area contributed by atoms with Crippen LogP contribution in [0.15, 0.2) is 60.3 Å². The lowest BCUT2D eigenvalue weighted by molar-refractivity contribution is -0.113. The smallest absolute Gasteiger partial charge is 0.281 e. The minimum absolute atomic E-state index is 0.257. The number of methoxy groups -OCH3 is 1. The van der Waals surface area contributed by atoms with Gasteiger partial charge in [-0.25, -0.2) is 4.90 Å². The molecule has 186 valence electrons. The van der Waals surface area contributed by atoms with E-state index >= 15 is 0 Å². The van der Waals surface area contributed by atoms with E-state index in [1.807, 2.05) is 75.4 Å². The van der Waals surface area contributed by atoms with E-state index in [2.05, 4.69) is 5.32 Å². The van der Waals surface area contributed by atoms with Crippen molar-refractivity contribution in [2.45, 2.75) is 27.4 Å². The SMILES string of the molecule is CCOc1ccccc1N1C(=O)/C(=C\c2ccc(OC)c(COc3cc(C)c(Cl)c(C)c3)c2)NC1=S. The van der Waals surface area contributed by atoms with Crippen LogP contribution in [0.5, 0.6) is 17.2 Å². The van der Waals surface area contributed by atoms with Crippen LogP contribution >= 0.6 is 23.8 Å². The summed E-state index contributed by atoms with van der Waals surface area (Å²) in [7, 11) is 1.61. The van der Waals surface area contributed by atoms with Crippen molar-refractivity contribution in [2.24, 2.45) is 0 Å². The number of halogens is 1. The molecule has 4 rings (SSSR count). The molecule has 0 unspecified atom stereocenters. The number of amides is 1. The molecule has 0 radical (unpaired) electrons. The highest BCUT2D eigenvalue weighted by molar-refractivity contribution is 7.80. The molecule has 1 heterocycles. The third-order valence-electron chi connectivity index (χ3n) is 5.70. The highest BCUT2D eigenvalue weighted by Crippen LogP contribution is 2.32. The average Bonchev–Trinajstić information content (AvgIpc) is 3.14. The van der Waals surface area contributed by atoms with E-state index in [-0.39, 0.29) is 12.5 Å². The molecule has 3 aromatic carbocycles. The van der Waals surface area contributed by atoms with Crippen LogP contribution in [0.25, 0.3) is 6.08 Å². The van der Waals surface area contributed by atoms with E-state index < -0.39 is 0 Å². The number of nitrogens with one attached hydrogen (secondary N) is 1. The second kappa shape index (κ2) is 11.0. The first-order valence-electron chi connectivity index (χ1n) is 11.5. The number of anilines is 1. The Morgan fingerprint density at radius 1 is 1.03 bits per heavy atom. The molecule has 36 heavy (non-hydrogen) atoms. The van der Waals surface area contributed by atoms with Crippen molar-refractivity contribution in [2.75, 3.05) is 18.6 Å². The van der Waals surface area contributed by atoms with Crippen molar-refractivity contribution >= 4 is 46.6 Å². The van der Waals surface area contributed by atoms with Gasteiger partial charge in [-0.1, -0.05) is 29.8 Å². The Bertz CT molecular complexity index is 1330. The van der Waals surface area contributed by atoms with E-state index in [0.717, 1.165) is 33.0 Å². The van der Waals surface area contributed by atoms with Gasteiger partial charge in [0.15, 0.2) is 5.11 Å². The van der Waals surface area contributed by atoms with Gasteiger partial charge in [-0.05, 0) is 92.2 Å². The summed E-state index contributed by atoms with van der Waals surface area (Å²) in [5.41, 5.74) is 4.51. The van der Waals surface area contributed by atoms with Gasteiger partial charge in [0.1, 0.15) is 29.6 Å². The molecule has 8 heteroatoms. The topological polar surface area (TPSA) is 60.0 Å². The van der Waals surface area contributed by atoms with Gasteiger partial charge in [0.2, 0.25) is 0 Å². The van der Waals surface area contributed by atoms with Crippen molar-refractivity contribution in [1.29, 1.82) is 0 Å². The van der Waals surface area contributed by atoms with Gasteiger partial charge < -0.3 is 19.5 Å². The van der Waals surface area contributed by atoms with E-state index in [1.54, 1.807) is 13.2 Å². The van der Waals surface area contributed by atoms with Crippen molar-refractivity contribution in [3.63, 3.8) is 0 Å². The molecule has 3 aromatic rings. The molecular weight excluding hydrogens is 496 g/mol. The predicted octanol–water partition coefficient (Wildman–Crippen LogP) is 6.21. The molecule has 1 aliphatic rings. The molecule has 0 aliphatic carbocycles. The van der Waals surface area contributed by atoms with Crippen molar-refractivity contribution < 1.29 is 19.0 Å². The van der Waals surface area contributed by atoms with E-state index in [4.69, 9.17) is 38.0 Å². The lowest BCUT2D eigenvalue weighted by Gasteiger charge is -2.18. The molecule has 1 aliphatic heterocycles. The van der Waals surface area contributed by atoms with Gasteiger partial charge in [0, 0.05) is 10.6 Å². The zero-order valence-corrected chi connectivity index (χ0v) is 22.1. The second-order valence-electron chi connectivity index (χ2n) is 8.26. The third kappa shape index (κ3) is 5.32. The van der Waals surface area contributed by atoms with E-state index in [9.17, 15) is 4.79 Å². The van der Waals surface area contributed by atoms with Crippen LogP contribution in [0, 0.1) is 13.8 Å². The quantitative estimate of drug-likeness (QED) is 0.280. The number of aryl methyl sites for hydroxylation is 2. The number of rotatable bonds is 8. The minimum Gasteiger partial charge on any atom is -0.496 e. The maximum Gasteiger partial charge on any atom is 0.281 e. The molecule has 0 bridgehead atoms. The number of para-hydroxylation sites is 2. The number of hydrogen-bond donors (Lipinski definition) is 1. The Hall–Kier alpha value is -3.55. The first kappa shape index (κ1) is 25.5. The molecule has 1 saturated heterocycles. The number of hydrogen-bond acceptors (Lipinski definition) is 5. The normalized spacial score (nSPS) is 14.2. The van der Waals surface area contributed by atoms with E-state index in [1.165, 1.54) is 4.90 Å². The van der Waals surface area contributed by atoms with Gasteiger partial charge in [-0.3, -0.25) is 4.79 Å². The second-order valence-corrected chi connectivity index (χ2v) is 9.03. The summed E-state index contributed by atoms with van der Waals surface area (Å²) >= 11 is 11.8. The Balaban J connectivity index is 1.58. The number of benzene rings is 3. The van der Waals surface area contributed by atoms with Crippen molar-refractivity contribution in [3.05, 3.63) is 87.6 Å². The average molecular weight is 523 g/mol. The number of nitrogens with zero attached hydrogens (tertiary/aromatic N) is 1. The van der Waals surface area contributed by atoms with Gasteiger partial charge in [0.05, 0.1) is 19.4 Å². The Kier molecular flexibility index (Phi) is 7.82. The van der Waals surface area contributed by atoms with Crippen LogP contribution < -0.4 is 24.4 Å². The summed E-state index contributed by atoms with van der Waals surface area (Å²) < 4.78 is 17.3. The fourth-order valence-electron chi connectivity index (χ4n) is 3.99.